The zero-order valence-electron chi connectivity index (χ0n) is 10.5. The molecular formula is C14H13FN4. The Morgan fingerprint density at radius 1 is 1.32 bits per heavy atom. The SMILES string of the molecule is CCn1c(-c2cccc(F)c2N)nc2cnccc21. The third kappa shape index (κ3) is 1.74. The van der Waals surface area contributed by atoms with E-state index in [1.54, 1.807) is 24.5 Å². The summed E-state index contributed by atoms with van der Waals surface area (Å²) in [4.78, 5) is 8.56. The van der Waals surface area contributed by atoms with Crippen LogP contribution in [-0.2, 0) is 6.54 Å². The molecule has 0 aliphatic heterocycles. The highest BCUT2D eigenvalue weighted by Gasteiger charge is 2.15. The van der Waals surface area contributed by atoms with Crippen molar-refractivity contribution in [3.8, 4) is 11.4 Å². The fourth-order valence-corrected chi connectivity index (χ4v) is 2.24. The molecule has 0 atom stereocenters. The highest BCUT2D eigenvalue weighted by Crippen LogP contribution is 2.29. The van der Waals surface area contributed by atoms with Crippen molar-refractivity contribution in [2.75, 3.05) is 5.73 Å². The molecule has 0 bridgehead atoms. The van der Waals surface area contributed by atoms with Gasteiger partial charge in [-0.15, -0.1) is 0 Å². The Bertz CT molecular complexity index is 748. The van der Waals surface area contributed by atoms with E-state index in [9.17, 15) is 4.39 Å². The number of nitrogens with zero attached hydrogens (tertiary/aromatic N) is 3. The summed E-state index contributed by atoms with van der Waals surface area (Å²) in [6.45, 7) is 2.74. The molecule has 0 aliphatic carbocycles. The number of hydrogen-bond acceptors (Lipinski definition) is 3. The topological polar surface area (TPSA) is 56.7 Å². The van der Waals surface area contributed by atoms with Crippen LogP contribution in [0, 0.1) is 5.82 Å². The van der Waals surface area contributed by atoms with Gasteiger partial charge in [-0.1, -0.05) is 6.07 Å². The van der Waals surface area contributed by atoms with Gasteiger partial charge in [0.1, 0.15) is 17.2 Å². The number of halogens is 1. The summed E-state index contributed by atoms with van der Waals surface area (Å²) in [5.41, 5.74) is 8.30. The number of fused-ring (bicyclic) bond motifs is 1. The van der Waals surface area contributed by atoms with Gasteiger partial charge in [0.2, 0.25) is 0 Å². The van der Waals surface area contributed by atoms with Gasteiger partial charge in [-0.2, -0.15) is 0 Å². The summed E-state index contributed by atoms with van der Waals surface area (Å²) in [5, 5.41) is 0. The molecule has 96 valence electrons. The molecule has 19 heavy (non-hydrogen) atoms. The Kier molecular flexibility index (Phi) is 2.67. The highest BCUT2D eigenvalue weighted by molar-refractivity contribution is 5.83. The van der Waals surface area contributed by atoms with Gasteiger partial charge in [-0.3, -0.25) is 4.98 Å². The van der Waals surface area contributed by atoms with Gasteiger partial charge in [0.25, 0.3) is 0 Å². The molecule has 0 amide bonds. The molecular weight excluding hydrogens is 243 g/mol. The van der Waals surface area contributed by atoms with E-state index in [4.69, 9.17) is 5.73 Å². The van der Waals surface area contributed by atoms with Gasteiger partial charge >= 0.3 is 0 Å². The van der Waals surface area contributed by atoms with Crippen molar-refractivity contribution in [3.05, 3.63) is 42.5 Å². The van der Waals surface area contributed by atoms with Gasteiger partial charge in [0.05, 0.1) is 17.4 Å². The average Bonchev–Trinajstić information content (AvgIpc) is 2.80. The van der Waals surface area contributed by atoms with Gasteiger partial charge in [-0.05, 0) is 25.1 Å². The number of aryl methyl sites for hydroxylation is 1. The maximum Gasteiger partial charge on any atom is 0.146 e. The molecule has 3 rings (SSSR count). The lowest BCUT2D eigenvalue weighted by atomic mass is 10.1. The Hall–Kier alpha value is -2.43. The molecule has 0 saturated carbocycles. The second-order valence-electron chi connectivity index (χ2n) is 4.25. The zero-order chi connectivity index (χ0) is 13.4. The standard InChI is InChI=1S/C14H13FN4/c1-2-19-12-6-7-17-8-11(12)18-14(19)9-4-3-5-10(15)13(9)16/h3-8H,2,16H2,1H3. The van der Waals surface area contributed by atoms with E-state index in [1.807, 2.05) is 17.6 Å². The third-order valence-corrected chi connectivity index (χ3v) is 3.16. The van der Waals surface area contributed by atoms with E-state index in [1.165, 1.54) is 6.07 Å². The summed E-state index contributed by atoms with van der Waals surface area (Å²) in [5.74, 6) is 0.243. The minimum Gasteiger partial charge on any atom is -0.396 e. The molecule has 0 unspecified atom stereocenters. The van der Waals surface area contributed by atoms with Crippen molar-refractivity contribution >= 4 is 16.7 Å². The molecule has 2 heterocycles. The first-order valence-electron chi connectivity index (χ1n) is 6.07. The van der Waals surface area contributed by atoms with Crippen LogP contribution in [0.4, 0.5) is 10.1 Å². The molecule has 5 heteroatoms. The minimum absolute atomic E-state index is 0.125. The summed E-state index contributed by atoms with van der Waals surface area (Å²) >= 11 is 0. The predicted octanol–water partition coefficient (Wildman–Crippen LogP) is 2.84. The van der Waals surface area contributed by atoms with Crippen LogP contribution in [0.1, 0.15) is 6.92 Å². The van der Waals surface area contributed by atoms with E-state index in [-0.39, 0.29) is 5.69 Å². The van der Waals surface area contributed by atoms with E-state index in [2.05, 4.69) is 9.97 Å². The number of nitrogen functional groups attached to an aromatic ring is 1. The maximum atomic E-state index is 13.6. The lowest BCUT2D eigenvalue weighted by Crippen LogP contribution is -2.01. The van der Waals surface area contributed by atoms with E-state index >= 15 is 0 Å². The first-order valence-corrected chi connectivity index (χ1v) is 6.07. The van der Waals surface area contributed by atoms with Gasteiger partial charge < -0.3 is 10.3 Å². The van der Waals surface area contributed by atoms with Crippen LogP contribution in [-0.4, -0.2) is 14.5 Å². The number of aromatic nitrogens is 3. The number of hydrogen-bond donors (Lipinski definition) is 1. The number of benzene rings is 1. The van der Waals surface area contributed by atoms with Gasteiger partial charge in [0, 0.05) is 18.3 Å². The summed E-state index contributed by atoms with van der Waals surface area (Å²) < 4.78 is 15.6. The van der Waals surface area contributed by atoms with Gasteiger partial charge in [-0.25, -0.2) is 9.37 Å². The normalized spacial score (nSPS) is 11.1. The van der Waals surface area contributed by atoms with Crippen LogP contribution in [0.5, 0.6) is 0 Å². The molecule has 0 fully saturated rings. The largest absolute Gasteiger partial charge is 0.396 e. The van der Waals surface area contributed by atoms with Crippen LogP contribution in [0.15, 0.2) is 36.7 Å². The Balaban J connectivity index is 2.33. The molecule has 2 N–H and O–H groups in total. The number of imidazole rings is 1. The lowest BCUT2D eigenvalue weighted by Gasteiger charge is -2.08. The predicted molar refractivity (Wildman–Crippen MR) is 73.0 cm³/mol. The molecule has 3 aromatic rings. The fraction of sp³-hybridized carbons (Fsp3) is 0.143. The molecule has 4 nitrogen and oxygen atoms in total. The summed E-state index contributed by atoms with van der Waals surface area (Å²) in [7, 11) is 0. The van der Waals surface area contributed by atoms with Crippen LogP contribution in [0.25, 0.3) is 22.4 Å². The number of para-hydroxylation sites is 1. The van der Waals surface area contributed by atoms with Crippen LogP contribution >= 0.6 is 0 Å². The zero-order valence-corrected chi connectivity index (χ0v) is 10.5. The number of nitrogens with two attached hydrogens (primary N) is 1. The molecule has 1 aromatic carbocycles. The van der Waals surface area contributed by atoms with E-state index in [0.717, 1.165) is 17.6 Å². The van der Waals surface area contributed by atoms with Crippen LogP contribution < -0.4 is 5.73 Å². The molecule has 0 aliphatic rings. The monoisotopic (exact) mass is 256 g/mol. The van der Waals surface area contributed by atoms with Crippen LogP contribution in [0.2, 0.25) is 0 Å². The van der Waals surface area contributed by atoms with Gasteiger partial charge in [0.15, 0.2) is 0 Å². The van der Waals surface area contributed by atoms with Crippen molar-refractivity contribution in [2.24, 2.45) is 0 Å². The number of pyridine rings is 1. The molecule has 0 radical (unpaired) electrons. The Morgan fingerprint density at radius 2 is 2.16 bits per heavy atom. The number of rotatable bonds is 2. The minimum atomic E-state index is -0.426. The van der Waals surface area contributed by atoms with Crippen LogP contribution in [0.3, 0.4) is 0 Å². The van der Waals surface area contributed by atoms with E-state index in [0.29, 0.717) is 11.4 Å². The second-order valence-corrected chi connectivity index (χ2v) is 4.25. The van der Waals surface area contributed by atoms with Crippen molar-refractivity contribution in [1.29, 1.82) is 0 Å². The molecule has 0 saturated heterocycles. The highest BCUT2D eigenvalue weighted by atomic mass is 19.1. The van der Waals surface area contributed by atoms with Crippen molar-refractivity contribution in [2.45, 2.75) is 13.5 Å². The molecule has 0 spiro atoms. The van der Waals surface area contributed by atoms with Crippen molar-refractivity contribution in [1.82, 2.24) is 14.5 Å². The maximum absolute atomic E-state index is 13.6. The first kappa shape index (κ1) is 11.6. The lowest BCUT2D eigenvalue weighted by molar-refractivity contribution is 0.632. The average molecular weight is 256 g/mol. The second kappa shape index (κ2) is 4.35. The smallest absolute Gasteiger partial charge is 0.146 e. The van der Waals surface area contributed by atoms with Crippen molar-refractivity contribution < 1.29 is 4.39 Å². The Morgan fingerprint density at radius 3 is 2.95 bits per heavy atom. The summed E-state index contributed by atoms with van der Waals surface area (Å²) in [6.07, 6.45) is 3.41. The van der Waals surface area contributed by atoms with Crippen molar-refractivity contribution in [3.63, 3.8) is 0 Å². The fourth-order valence-electron chi connectivity index (χ4n) is 2.24. The number of anilines is 1. The molecule has 2 aromatic heterocycles. The Labute approximate surface area is 109 Å². The first-order chi connectivity index (χ1) is 9.22. The summed E-state index contributed by atoms with van der Waals surface area (Å²) in [6, 6.07) is 6.65. The third-order valence-electron chi connectivity index (χ3n) is 3.16. The van der Waals surface area contributed by atoms with E-state index < -0.39 is 5.82 Å². The quantitative estimate of drug-likeness (QED) is 0.717.